The van der Waals surface area contributed by atoms with Crippen LogP contribution in [0.25, 0.3) is 0 Å². The minimum atomic E-state index is -1.04. The number of rotatable bonds is 3. The maximum absolute atomic E-state index is 10.9. The second-order valence-corrected chi connectivity index (χ2v) is 5.50. The predicted octanol–water partition coefficient (Wildman–Crippen LogP) is 1.45. The van der Waals surface area contributed by atoms with Crippen LogP contribution in [-0.4, -0.2) is 15.5 Å². The lowest BCUT2D eigenvalue weighted by Gasteiger charge is -2.33. The molecule has 0 spiro atoms. The van der Waals surface area contributed by atoms with Crippen molar-refractivity contribution in [1.82, 2.24) is 9.62 Å². The summed E-state index contributed by atoms with van der Waals surface area (Å²) in [6, 6.07) is 9.10. The first-order valence-electron chi connectivity index (χ1n) is 4.83. The number of urea groups is 1. The van der Waals surface area contributed by atoms with Gasteiger partial charge in [-0.05, 0) is 29.5 Å². The highest BCUT2D eigenvalue weighted by Gasteiger charge is 2.36. The molecule has 0 fully saturated rings. The molecule has 0 saturated carbocycles. The lowest BCUT2D eigenvalue weighted by Crippen LogP contribution is -2.60. The Bertz CT molecular complexity index is 439. The van der Waals surface area contributed by atoms with Crippen molar-refractivity contribution in [2.75, 3.05) is 0 Å². The molecule has 7 heteroatoms. The van der Waals surface area contributed by atoms with Gasteiger partial charge >= 0.3 is 6.03 Å². The van der Waals surface area contributed by atoms with Crippen LogP contribution >= 0.6 is 23.7 Å². The van der Waals surface area contributed by atoms with Crippen LogP contribution in [0.15, 0.2) is 46.8 Å². The molecule has 1 aromatic rings. The Morgan fingerprint density at radius 2 is 2.12 bits per heavy atom. The predicted molar refractivity (Wildman–Crippen MR) is 70.5 cm³/mol. The van der Waals surface area contributed by atoms with Crippen LogP contribution in [0.1, 0.15) is 0 Å². The van der Waals surface area contributed by atoms with Crippen molar-refractivity contribution in [2.24, 2.45) is 11.5 Å². The van der Waals surface area contributed by atoms with Crippen LogP contribution in [0.4, 0.5) is 4.79 Å². The second-order valence-electron chi connectivity index (χ2n) is 3.32. The molecule has 1 unspecified atom stereocenters. The summed E-state index contributed by atoms with van der Waals surface area (Å²) >= 11 is 2.72. The number of thioether (sulfide) groups is 1. The SMILES string of the molecule is NC(=O)NC1(N)SC=CN1Sc1ccccc1. The van der Waals surface area contributed by atoms with Crippen LogP contribution in [-0.2, 0) is 0 Å². The Balaban J connectivity index is 2.09. The molecule has 1 aliphatic heterocycles. The first-order valence-corrected chi connectivity index (χ1v) is 6.49. The van der Waals surface area contributed by atoms with Gasteiger partial charge in [0.1, 0.15) is 0 Å². The monoisotopic (exact) mass is 268 g/mol. The Hall–Kier alpha value is -1.31. The van der Waals surface area contributed by atoms with E-state index >= 15 is 0 Å². The third-order valence-electron chi connectivity index (χ3n) is 2.02. The van der Waals surface area contributed by atoms with Gasteiger partial charge in [0.05, 0.1) is 0 Å². The van der Waals surface area contributed by atoms with E-state index in [9.17, 15) is 4.79 Å². The zero-order chi connectivity index (χ0) is 12.3. The van der Waals surface area contributed by atoms with Crippen molar-refractivity contribution in [3.05, 3.63) is 41.9 Å². The number of amides is 2. The quantitative estimate of drug-likeness (QED) is 0.571. The summed E-state index contributed by atoms with van der Waals surface area (Å²) in [5.74, 6) is 0. The third kappa shape index (κ3) is 2.87. The largest absolute Gasteiger partial charge is 0.352 e. The molecule has 0 radical (unpaired) electrons. The van der Waals surface area contributed by atoms with Gasteiger partial charge in [-0.3, -0.25) is 15.4 Å². The van der Waals surface area contributed by atoms with Gasteiger partial charge in [0.2, 0.25) is 5.12 Å². The molecule has 1 atom stereocenters. The summed E-state index contributed by atoms with van der Waals surface area (Å²) in [4.78, 5) is 11.9. The fourth-order valence-corrected chi connectivity index (χ4v) is 3.15. The summed E-state index contributed by atoms with van der Waals surface area (Å²) in [5, 5.41) is 3.29. The minimum absolute atomic E-state index is 0.651. The normalized spacial score (nSPS) is 22.8. The number of nitrogens with one attached hydrogen (secondary N) is 1. The number of carbonyl (C=O) groups excluding carboxylic acids is 1. The van der Waals surface area contributed by atoms with Gasteiger partial charge < -0.3 is 5.73 Å². The summed E-state index contributed by atoms with van der Waals surface area (Å²) in [5.41, 5.74) is 11.2. The molecule has 1 aromatic carbocycles. The molecule has 17 heavy (non-hydrogen) atoms. The standard InChI is InChI=1S/C10H12N4OS2/c11-9(15)13-10(12)14(6-7-16-10)17-8-4-2-1-3-5-8/h1-7H,12H2,(H3,11,13,15). The third-order valence-corrected chi connectivity index (χ3v) is 4.14. The average Bonchev–Trinajstić information content (AvgIpc) is 2.60. The zero-order valence-electron chi connectivity index (χ0n) is 8.87. The van der Waals surface area contributed by atoms with Gasteiger partial charge in [-0.2, -0.15) is 0 Å². The summed E-state index contributed by atoms with van der Waals surface area (Å²) < 4.78 is 1.75. The second kappa shape index (κ2) is 4.91. The highest BCUT2D eigenvalue weighted by Crippen LogP contribution is 2.38. The van der Waals surface area contributed by atoms with E-state index in [4.69, 9.17) is 11.5 Å². The van der Waals surface area contributed by atoms with E-state index in [0.29, 0.717) is 0 Å². The maximum atomic E-state index is 10.9. The van der Waals surface area contributed by atoms with E-state index in [2.05, 4.69) is 5.32 Å². The van der Waals surface area contributed by atoms with Crippen LogP contribution in [0.3, 0.4) is 0 Å². The van der Waals surface area contributed by atoms with Gasteiger partial charge in [-0.1, -0.05) is 30.0 Å². The van der Waals surface area contributed by atoms with Crippen LogP contribution in [0.2, 0.25) is 0 Å². The van der Waals surface area contributed by atoms with Crippen molar-refractivity contribution in [1.29, 1.82) is 0 Å². The summed E-state index contributed by atoms with van der Waals surface area (Å²) in [7, 11) is 0. The molecular formula is C10H12N4OS2. The fraction of sp³-hybridized carbons (Fsp3) is 0.100. The number of hydrogen-bond acceptors (Lipinski definition) is 5. The zero-order valence-corrected chi connectivity index (χ0v) is 10.5. The first-order chi connectivity index (χ1) is 8.10. The minimum Gasteiger partial charge on any atom is -0.352 e. The highest BCUT2D eigenvalue weighted by molar-refractivity contribution is 8.05. The van der Waals surface area contributed by atoms with Crippen LogP contribution < -0.4 is 16.8 Å². The Morgan fingerprint density at radius 3 is 2.76 bits per heavy atom. The number of nitrogens with two attached hydrogens (primary N) is 2. The average molecular weight is 268 g/mol. The summed E-state index contributed by atoms with van der Waals surface area (Å²) in [6.45, 7) is 0. The Kier molecular flexibility index (Phi) is 3.51. The molecular weight excluding hydrogens is 256 g/mol. The molecule has 90 valence electrons. The number of nitrogens with zero attached hydrogens (tertiary/aromatic N) is 1. The van der Waals surface area contributed by atoms with Crippen molar-refractivity contribution in [2.45, 2.75) is 10.0 Å². The molecule has 1 aliphatic rings. The lowest BCUT2D eigenvalue weighted by atomic mass is 10.4. The number of carbonyl (C=O) groups is 1. The molecule has 0 bridgehead atoms. The van der Waals surface area contributed by atoms with Crippen LogP contribution in [0, 0.1) is 0 Å². The highest BCUT2D eigenvalue weighted by atomic mass is 32.2. The number of hydrogen-bond donors (Lipinski definition) is 3. The van der Waals surface area contributed by atoms with Gasteiger partial charge in [-0.15, -0.1) is 0 Å². The summed E-state index contributed by atoms with van der Waals surface area (Å²) in [6.07, 6.45) is 1.80. The van der Waals surface area contributed by atoms with E-state index in [1.54, 1.807) is 10.5 Å². The smallest absolute Gasteiger partial charge is 0.315 e. The van der Waals surface area contributed by atoms with E-state index in [1.807, 2.05) is 35.7 Å². The fourth-order valence-electron chi connectivity index (χ4n) is 1.31. The lowest BCUT2D eigenvalue weighted by molar-refractivity contribution is 0.234. The molecule has 5 N–H and O–H groups in total. The molecule has 0 saturated heterocycles. The molecule has 0 aliphatic carbocycles. The molecule has 0 aromatic heterocycles. The number of benzene rings is 1. The molecule has 1 heterocycles. The maximum Gasteiger partial charge on any atom is 0.315 e. The Morgan fingerprint density at radius 1 is 1.41 bits per heavy atom. The van der Waals surface area contributed by atoms with E-state index < -0.39 is 11.1 Å². The van der Waals surface area contributed by atoms with Gasteiger partial charge in [0, 0.05) is 11.1 Å². The molecule has 2 amide bonds. The van der Waals surface area contributed by atoms with E-state index in [-0.39, 0.29) is 0 Å². The van der Waals surface area contributed by atoms with E-state index in [0.717, 1.165) is 4.90 Å². The van der Waals surface area contributed by atoms with Gasteiger partial charge in [0.15, 0.2) is 0 Å². The Labute approximate surface area is 108 Å². The van der Waals surface area contributed by atoms with Crippen molar-refractivity contribution < 1.29 is 4.79 Å². The van der Waals surface area contributed by atoms with Crippen molar-refractivity contribution in [3.63, 3.8) is 0 Å². The van der Waals surface area contributed by atoms with Gasteiger partial charge in [0.25, 0.3) is 0 Å². The van der Waals surface area contributed by atoms with Crippen molar-refractivity contribution >= 4 is 29.7 Å². The van der Waals surface area contributed by atoms with E-state index in [1.165, 1.54) is 23.7 Å². The van der Waals surface area contributed by atoms with Gasteiger partial charge in [-0.25, -0.2) is 4.79 Å². The number of primary amides is 1. The van der Waals surface area contributed by atoms with Crippen LogP contribution in [0.5, 0.6) is 0 Å². The topological polar surface area (TPSA) is 84.4 Å². The molecule has 2 rings (SSSR count). The molecule has 5 nitrogen and oxygen atoms in total. The van der Waals surface area contributed by atoms with Crippen molar-refractivity contribution in [3.8, 4) is 0 Å². The first kappa shape index (κ1) is 12.2.